The molecule has 2 rings (SSSR count). The van der Waals surface area contributed by atoms with Gasteiger partial charge in [0.05, 0.1) is 5.69 Å². The fourth-order valence-corrected chi connectivity index (χ4v) is 3.56. The van der Waals surface area contributed by atoms with Crippen LogP contribution in [0.2, 0.25) is 0 Å². The molecule has 1 aliphatic heterocycles. The van der Waals surface area contributed by atoms with Gasteiger partial charge in [-0.05, 0) is 55.6 Å². The SMILES string of the molecule is CSc1cc(C(C)CCC(=O)O)ccc1N1CCCCC1. The van der Waals surface area contributed by atoms with Crippen molar-refractivity contribution in [1.29, 1.82) is 0 Å². The van der Waals surface area contributed by atoms with Gasteiger partial charge < -0.3 is 10.0 Å². The highest BCUT2D eigenvalue weighted by molar-refractivity contribution is 7.98. The molecule has 1 aromatic rings. The molecule has 0 radical (unpaired) electrons. The number of hydrogen-bond donors (Lipinski definition) is 1. The first-order valence-corrected chi connectivity index (χ1v) is 8.99. The Kier molecular flexibility index (Phi) is 5.97. The van der Waals surface area contributed by atoms with Crippen molar-refractivity contribution >= 4 is 23.4 Å². The normalized spacial score (nSPS) is 16.8. The molecule has 21 heavy (non-hydrogen) atoms. The zero-order valence-corrected chi connectivity index (χ0v) is 13.8. The molecule has 0 aromatic heterocycles. The standard InChI is InChI=1S/C17H25NO2S/c1-13(6-9-17(19)20)14-7-8-15(16(12-14)21-2)18-10-4-3-5-11-18/h7-8,12-13H,3-6,9-11H2,1-2H3,(H,19,20). The number of thioether (sulfide) groups is 1. The summed E-state index contributed by atoms with van der Waals surface area (Å²) in [6.45, 7) is 4.42. The maximum atomic E-state index is 10.7. The summed E-state index contributed by atoms with van der Waals surface area (Å²) in [5, 5.41) is 8.81. The maximum Gasteiger partial charge on any atom is 0.303 e. The second-order valence-corrected chi connectivity index (χ2v) is 6.66. The van der Waals surface area contributed by atoms with E-state index in [1.165, 1.54) is 35.4 Å². The lowest BCUT2D eigenvalue weighted by Crippen LogP contribution is -2.29. The number of carboxylic acids is 1. The van der Waals surface area contributed by atoms with Crippen LogP contribution in [0.5, 0.6) is 0 Å². The number of aliphatic carboxylic acids is 1. The minimum absolute atomic E-state index is 0.240. The lowest BCUT2D eigenvalue weighted by Gasteiger charge is -2.30. The zero-order chi connectivity index (χ0) is 15.2. The fourth-order valence-electron chi connectivity index (χ4n) is 2.90. The molecule has 1 aromatic carbocycles. The van der Waals surface area contributed by atoms with Crippen molar-refractivity contribution in [3.63, 3.8) is 0 Å². The van der Waals surface area contributed by atoms with Gasteiger partial charge in [0.2, 0.25) is 0 Å². The van der Waals surface area contributed by atoms with Crippen LogP contribution in [-0.4, -0.2) is 30.4 Å². The molecule has 1 unspecified atom stereocenters. The van der Waals surface area contributed by atoms with Crippen LogP contribution in [0.3, 0.4) is 0 Å². The van der Waals surface area contributed by atoms with Gasteiger partial charge in [0.15, 0.2) is 0 Å². The molecule has 3 nitrogen and oxygen atoms in total. The van der Waals surface area contributed by atoms with Gasteiger partial charge in [0.25, 0.3) is 0 Å². The smallest absolute Gasteiger partial charge is 0.303 e. The summed E-state index contributed by atoms with van der Waals surface area (Å²) in [5.41, 5.74) is 2.60. The number of carboxylic acid groups (broad SMARTS) is 1. The van der Waals surface area contributed by atoms with E-state index in [0.29, 0.717) is 12.3 Å². The van der Waals surface area contributed by atoms with Gasteiger partial charge in [0, 0.05) is 24.4 Å². The summed E-state index contributed by atoms with van der Waals surface area (Å²) in [6, 6.07) is 6.65. The number of nitrogens with zero attached hydrogens (tertiary/aromatic N) is 1. The molecule has 1 fully saturated rings. The number of carbonyl (C=O) groups is 1. The van der Waals surface area contributed by atoms with Crippen LogP contribution in [0.15, 0.2) is 23.1 Å². The van der Waals surface area contributed by atoms with Gasteiger partial charge in [-0.3, -0.25) is 4.79 Å². The van der Waals surface area contributed by atoms with Crippen LogP contribution >= 0.6 is 11.8 Å². The quantitative estimate of drug-likeness (QED) is 0.792. The van der Waals surface area contributed by atoms with Crippen molar-refractivity contribution in [1.82, 2.24) is 0 Å². The predicted molar refractivity (Wildman–Crippen MR) is 89.6 cm³/mol. The van der Waals surface area contributed by atoms with E-state index in [4.69, 9.17) is 5.11 Å². The third-order valence-corrected chi connectivity index (χ3v) is 5.03. The molecule has 1 atom stereocenters. The maximum absolute atomic E-state index is 10.7. The number of hydrogen-bond acceptors (Lipinski definition) is 3. The van der Waals surface area contributed by atoms with E-state index in [2.05, 4.69) is 36.3 Å². The average Bonchev–Trinajstić information content (AvgIpc) is 2.52. The van der Waals surface area contributed by atoms with Gasteiger partial charge in [-0.2, -0.15) is 0 Å². The van der Waals surface area contributed by atoms with Crippen molar-refractivity contribution in [2.24, 2.45) is 0 Å². The van der Waals surface area contributed by atoms with Gasteiger partial charge in [0.1, 0.15) is 0 Å². The second kappa shape index (κ2) is 7.74. The van der Waals surface area contributed by atoms with Crippen molar-refractivity contribution in [2.45, 2.75) is 49.8 Å². The number of rotatable bonds is 6. The summed E-state index contributed by atoms with van der Waals surface area (Å²) in [7, 11) is 0. The summed E-state index contributed by atoms with van der Waals surface area (Å²) in [6.07, 6.45) is 6.97. The Morgan fingerprint density at radius 3 is 2.67 bits per heavy atom. The third kappa shape index (κ3) is 4.40. The average molecular weight is 307 g/mol. The largest absolute Gasteiger partial charge is 0.481 e. The molecule has 1 N–H and O–H groups in total. The monoisotopic (exact) mass is 307 g/mol. The van der Waals surface area contributed by atoms with E-state index < -0.39 is 5.97 Å². The Balaban J connectivity index is 2.13. The summed E-state index contributed by atoms with van der Waals surface area (Å²) >= 11 is 1.79. The molecule has 1 aliphatic rings. The van der Waals surface area contributed by atoms with Crippen molar-refractivity contribution in [3.8, 4) is 0 Å². The van der Waals surface area contributed by atoms with Crippen LogP contribution in [0, 0.1) is 0 Å². The first kappa shape index (κ1) is 16.2. The topological polar surface area (TPSA) is 40.5 Å². The predicted octanol–water partition coefficient (Wildman–Crippen LogP) is 4.37. The molecule has 0 bridgehead atoms. The van der Waals surface area contributed by atoms with Crippen LogP contribution in [0.1, 0.15) is 50.5 Å². The zero-order valence-electron chi connectivity index (χ0n) is 13.0. The lowest BCUT2D eigenvalue weighted by molar-refractivity contribution is -0.137. The highest BCUT2D eigenvalue weighted by Crippen LogP contribution is 2.34. The van der Waals surface area contributed by atoms with Crippen molar-refractivity contribution < 1.29 is 9.90 Å². The Bertz CT molecular complexity index is 484. The van der Waals surface area contributed by atoms with Crippen molar-refractivity contribution in [2.75, 3.05) is 24.2 Å². The number of anilines is 1. The summed E-state index contributed by atoms with van der Waals surface area (Å²) < 4.78 is 0. The van der Waals surface area contributed by atoms with Crippen molar-refractivity contribution in [3.05, 3.63) is 23.8 Å². The molecule has 116 valence electrons. The molecule has 0 aliphatic carbocycles. The highest BCUT2D eigenvalue weighted by atomic mass is 32.2. The van der Waals surface area contributed by atoms with Crippen LogP contribution in [-0.2, 0) is 4.79 Å². The van der Waals surface area contributed by atoms with Gasteiger partial charge in [-0.1, -0.05) is 13.0 Å². The molecular formula is C17H25NO2S. The third-order valence-electron chi connectivity index (χ3n) is 4.26. The molecule has 4 heteroatoms. The Labute approximate surface area is 131 Å². The summed E-state index contributed by atoms with van der Waals surface area (Å²) in [4.78, 5) is 14.5. The highest BCUT2D eigenvalue weighted by Gasteiger charge is 2.16. The van der Waals surface area contributed by atoms with E-state index in [-0.39, 0.29) is 6.42 Å². The fraction of sp³-hybridized carbons (Fsp3) is 0.588. The first-order valence-electron chi connectivity index (χ1n) is 7.76. The van der Waals surface area contributed by atoms with E-state index in [1.807, 2.05) is 0 Å². The van der Waals surface area contributed by atoms with E-state index in [0.717, 1.165) is 13.1 Å². The first-order chi connectivity index (χ1) is 10.1. The van der Waals surface area contributed by atoms with Crippen LogP contribution in [0.4, 0.5) is 5.69 Å². The molecule has 1 heterocycles. The second-order valence-electron chi connectivity index (χ2n) is 5.81. The number of piperidine rings is 1. The molecular weight excluding hydrogens is 282 g/mol. The van der Waals surface area contributed by atoms with Gasteiger partial charge in [-0.25, -0.2) is 0 Å². The van der Waals surface area contributed by atoms with E-state index in [1.54, 1.807) is 11.8 Å². The van der Waals surface area contributed by atoms with Gasteiger partial charge >= 0.3 is 5.97 Å². The van der Waals surface area contributed by atoms with E-state index >= 15 is 0 Å². The Morgan fingerprint density at radius 2 is 2.05 bits per heavy atom. The number of benzene rings is 1. The van der Waals surface area contributed by atoms with Crippen LogP contribution in [0.25, 0.3) is 0 Å². The summed E-state index contributed by atoms with van der Waals surface area (Å²) in [5.74, 6) is -0.417. The molecule has 0 amide bonds. The molecule has 0 saturated carbocycles. The minimum Gasteiger partial charge on any atom is -0.481 e. The Hall–Kier alpha value is -1.16. The molecule has 1 saturated heterocycles. The minimum atomic E-state index is -0.711. The molecule has 0 spiro atoms. The van der Waals surface area contributed by atoms with Crippen LogP contribution < -0.4 is 4.90 Å². The Morgan fingerprint density at radius 1 is 1.33 bits per heavy atom. The lowest BCUT2D eigenvalue weighted by atomic mass is 9.95. The van der Waals surface area contributed by atoms with Gasteiger partial charge in [-0.15, -0.1) is 11.8 Å². The van der Waals surface area contributed by atoms with E-state index in [9.17, 15) is 4.79 Å².